The van der Waals surface area contributed by atoms with Crippen molar-refractivity contribution in [2.45, 2.75) is 6.92 Å². The zero-order valence-corrected chi connectivity index (χ0v) is 16.0. The number of para-hydroxylation sites is 5. The van der Waals surface area contributed by atoms with Crippen molar-refractivity contribution in [3.63, 3.8) is 0 Å². The highest BCUT2D eigenvalue weighted by Crippen LogP contribution is 2.52. The average Bonchev–Trinajstić information content (AvgIpc) is 2.77. The average molecular weight is 374 g/mol. The standard InChI is InChI=1S/C26H18N2O/c1-18-16-19(17-27)14-15-20(18)21-8-2-3-9-22(21)28-23-10-4-6-12-25(23)29-26-13-7-5-11-24(26)28/h2-16H,1H3. The molecule has 3 nitrogen and oxygen atoms in total. The first kappa shape index (κ1) is 17.1. The van der Waals surface area contributed by atoms with E-state index in [0.717, 1.165) is 45.3 Å². The highest BCUT2D eigenvalue weighted by molar-refractivity contribution is 5.93. The van der Waals surface area contributed by atoms with Crippen LogP contribution in [-0.2, 0) is 0 Å². The molecule has 3 heteroatoms. The van der Waals surface area contributed by atoms with E-state index in [2.05, 4.69) is 47.4 Å². The molecule has 1 heterocycles. The van der Waals surface area contributed by atoms with Gasteiger partial charge in [0.1, 0.15) is 0 Å². The van der Waals surface area contributed by atoms with Gasteiger partial charge in [-0.3, -0.25) is 0 Å². The minimum Gasteiger partial charge on any atom is -0.453 e. The highest BCUT2D eigenvalue weighted by atomic mass is 16.5. The van der Waals surface area contributed by atoms with E-state index < -0.39 is 0 Å². The van der Waals surface area contributed by atoms with Gasteiger partial charge in [-0.2, -0.15) is 5.26 Å². The summed E-state index contributed by atoms with van der Waals surface area (Å²) in [5, 5.41) is 9.23. The van der Waals surface area contributed by atoms with E-state index in [1.807, 2.05) is 61.5 Å². The summed E-state index contributed by atoms with van der Waals surface area (Å²) in [6, 6.07) is 32.6. The molecule has 1 aliphatic rings. The molecule has 5 rings (SSSR count). The first-order valence-corrected chi connectivity index (χ1v) is 9.52. The van der Waals surface area contributed by atoms with Gasteiger partial charge in [0.05, 0.1) is 28.7 Å². The number of benzene rings is 4. The van der Waals surface area contributed by atoms with Crippen LogP contribution in [0.4, 0.5) is 17.1 Å². The van der Waals surface area contributed by atoms with E-state index in [4.69, 9.17) is 4.74 Å². The molecule has 0 aromatic heterocycles. The molecule has 0 aliphatic carbocycles. The highest BCUT2D eigenvalue weighted by Gasteiger charge is 2.27. The second-order valence-electron chi connectivity index (χ2n) is 7.03. The molecule has 0 unspecified atom stereocenters. The zero-order valence-electron chi connectivity index (χ0n) is 16.0. The lowest BCUT2D eigenvalue weighted by Gasteiger charge is -2.34. The molecular formula is C26H18N2O. The lowest BCUT2D eigenvalue weighted by atomic mass is 9.96. The predicted octanol–water partition coefficient (Wildman–Crippen LogP) is 7.11. The van der Waals surface area contributed by atoms with Crippen molar-refractivity contribution in [3.05, 3.63) is 102 Å². The van der Waals surface area contributed by atoms with E-state index in [0.29, 0.717) is 5.56 Å². The summed E-state index contributed by atoms with van der Waals surface area (Å²) >= 11 is 0. The Labute approximate surface area is 170 Å². The van der Waals surface area contributed by atoms with Gasteiger partial charge in [-0.25, -0.2) is 0 Å². The molecule has 0 bridgehead atoms. The molecule has 0 fully saturated rings. The number of hydrogen-bond acceptors (Lipinski definition) is 3. The Kier molecular flexibility index (Phi) is 4.04. The monoisotopic (exact) mass is 374 g/mol. The number of anilines is 3. The number of rotatable bonds is 2. The molecule has 0 saturated carbocycles. The lowest BCUT2D eigenvalue weighted by Crippen LogP contribution is -2.16. The Hall–Kier alpha value is -4.03. The van der Waals surface area contributed by atoms with Crippen LogP contribution in [0.25, 0.3) is 11.1 Å². The first-order valence-electron chi connectivity index (χ1n) is 9.52. The number of fused-ring (bicyclic) bond motifs is 2. The second kappa shape index (κ2) is 6.85. The number of nitrogens with zero attached hydrogens (tertiary/aromatic N) is 2. The van der Waals surface area contributed by atoms with Gasteiger partial charge in [0.15, 0.2) is 11.5 Å². The molecule has 29 heavy (non-hydrogen) atoms. The summed E-state index contributed by atoms with van der Waals surface area (Å²) in [5.41, 5.74) is 7.05. The smallest absolute Gasteiger partial charge is 0.151 e. The van der Waals surface area contributed by atoms with Crippen LogP contribution >= 0.6 is 0 Å². The largest absolute Gasteiger partial charge is 0.453 e. The summed E-state index contributed by atoms with van der Waals surface area (Å²) in [7, 11) is 0. The van der Waals surface area contributed by atoms with Crippen LogP contribution in [0.2, 0.25) is 0 Å². The second-order valence-corrected chi connectivity index (χ2v) is 7.03. The quantitative estimate of drug-likeness (QED) is 0.330. The van der Waals surface area contributed by atoms with E-state index in [1.54, 1.807) is 0 Å². The SMILES string of the molecule is Cc1cc(C#N)ccc1-c1ccccc1N1c2ccccc2Oc2ccccc21. The predicted molar refractivity (Wildman–Crippen MR) is 116 cm³/mol. The molecule has 4 aromatic rings. The molecule has 1 aliphatic heterocycles. The van der Waals surface area contributed by atoms with E-state index >= 15 is 0 Å². The molecule has 0 saturated heterocycles. The Bertz CT molecular complexity index is 1220. The molecule has 0 atom stereocenters. The van der Waals surface area contributed by atoms with Gasteiger partial charge in [-0.05, 0) is 60.5 Å². The van der Waals surface area contributed by atoms with Crippen molar-refractivity contribution in [3.8, 4) is 28.7 Å². The molecular weight excluding hydrogens is 356 g/mol. The fourth-order valence-corrected chi connectivity index (χ4v) is 3.90. The van der Waals surface area contributed by atoms with Crippen molar-refractivity contribution in [2.24, 2.45) is 0 Å². The maximum atomic E-state index is 9.23. The molecule has 0 radical (unpaired) electrons. The fourth-order valence-electron chi connectivity index (χ4n) is 3.90. The first-order chi connectivity index (χ1) is 14.3. The summed E-state index contributed by atoms with van der Waals surface area (Å²) in [6.45, 7) is 2.05. The van der Waals surface area contributed by atoms with Gasteiger partial charge in [0.2, 0.25) is 0 Å². The maximum Gasteiger partial charge on any atom is 0.151 e. The van der Waals surface area contributed by atoms with Crippen LogP contribution in [0.5, 0.6) is 11.5 Å². The Morgan fingerprint density at radius 1 is 0.690 bits per heavy atom. The third-order valence-corrected chi connectivity index (χ3v) is 5.22. The van der Waals surface area contributed by atoms with Gasteiger partial charge in [0.25, 0.3) is 0 Å². The van der Waals surface area contributed by atoms with Gasteiger partial charge < -0.3 is 9.64 Å². The number of aryl methyl sites for hydroxylation is 1. The Morgan fingerprint density at radius 3 is 1.90 bits per heavy atom. The zero-order chi connectivity index (χ0) is 19.8. The Balaban J connectivity index is 1.76. The summed E-state index contributed by atoms with van der Waals surface area (Å²) in [6.07, 6.45) is 0. The van der Waals surface area contributed by atoms with Crippen LogP contribution in [0.1, 0.15) is 11.1 Å². The van der Waals surface area contributed by atoms with Crippen molar-refractivity contribution >= 4 is 17.1 Å². The topological polar surface area (TPSA) is 36.3 Å². The minimum absolute atomic E-state index is 0.672. The summed E-state index contributed by atoms with van der Waals surface area (Å²) in [5.74, 6) is 1.66. The third kappa shape index (κ3) is 2.83. The van der Waals surface area contributed by atoms with Crippen LogP contribution in [0, 0.1) is 18.3 Å². The van der Waals surface area contributed by atoms with E-state index in [1.165, 1.54) is 0 Å². The molecule has 0 spiro atoms. The van der Waals surface area contributed by atoms with Gasteiger partial charge in [0, 0.05) is 5.56 Å². The number of ether oxygens (including phenoxy) is 1. The van der Waals surface area contributed by atoms with E-state index in [9.17, 15) is 5.26 Å². The summed E-state index contributed by atoms with van der Waals surface area (Å²) < 4.78 is 6.15. The van der Waals surface area contributed by atoms with Crippen molar-refractivity contribution in [1.82, 2.24) is 0 Å². The van der Waals surface area contributed by atoms with Crippen molar-refractivity contribution < 1.29 is 4.74 Å². The molecule has 138 valence electrons. The number of nitriles is 1. The maximum absolute atomic E-state index is 9.23. The van der Waals surface area contributed by atoms with Gasteiger partial charge in [-0.1, -0.05) is 48.5 Å². The number of hydrogen-bond donors (Lipinski definition) is 0. The normalized spacial score (nSPS) is 11.8. The van der Waals surface area contributed by atoms with Crippen LogP contribution in [-0.4, -0.2) is 0 Å². The molecule has 0 amide bonds. The third-order valence-electron chi connectivity index (χ3n) is 5.22. The van der Waals surface area contributed by atoms with E-state index in [-0.39, 0.29) is 0 Å². The van der Waals surface area contributed by atoms with Crippen LogP contribution in [0.15, 0.2) is 91.0 Å². The Morgan fingerprint density at radius 2 is 1.28 bits per heavy atom. The lowest BCUT2D eigenvalue weighted by molar-refractivity contribution is 0.477. The minimum atomic E-state index is 0.672. The molecule has 0 N–H and O–H groups in total. The van der Waals surface area contributed by atoms with Gasteiger partial charge >= 0.3 is 0 Å². The van der Waals surface area contributed by atoms with Gasteiger partial charge in [-0.15, -0.1) is 0 Å². The van der Waals surface area contributed by atoms with Crippen molar-refractivity contribution in [1.29, 1.82) is 5.26 Å². The summed E-state index contributed by atoms with van der Waals surface area (Å²) in [4.78, 5) is 2.25. The fraction of sp³-hybridized carbons (Fsp3) is 0.0385. The molecule has 4 aromatic carbocycles. The van der Waals surface area contributed by atoms with Crippen molar-refractivity contribution in [2.75, 3.05) is 4.90 Å². The van der Waals surface area contributed by atoms with Crippen LogP contribution < -0.4 is 9.64 Å². The van der Waals surface area contributed by atoms with Crippen LogP contribution in [0.3, 0.4) is 0 Å².